The fourth-order valence-electron chi connectivity index (χ4n) is 2.66. The summed E-state index contributed by atoms with van der Waals surface area (Å²) in [6, 6.07) is 10.7. The summed E-state index contributed by atoms with van der Waals surface area (Å²) in [6.07, 6.45) is 1.77. The number of halogens is 2. The van der Waals surface area contributed by atoms with Crippen LogP contribution in [0.25, 0.3) is 6.08 Å². The smallest absolute Gasteiger partial charge is 0.266 e. The quantitative estimate of drug-likeness (QED) is 0.407. The van der Waals surface area contributed by atoms with E-state index in [0.29, 0.717) is 37.3 Å². The number of ether oxygens (including phenoxy) is 2. The number of carbonyl (C=O) groups is 1. The number of benzene rings is 2. The zero-order valence-electron chi connectivity index (χ0n) is 15.2. The number of methoxy groups -OCH3 is 1. The van der Waals surface area contributed by atoms with Crippen LogP contribution in [0, 0.1) is 0 Å². The van der Waals surface area contributed by atoms with Gasteiger partial charge in [0.15, 0.2) is 11.5 Å². The monoisotopic (exact) mass is 453 g/mol. The van der Waals surface area contributed by atoms with Crippen molar-refractivity contribution in [3.05, 3.63) is 62.5 Å². The Morgan fingerprint density at radius 1 is 1.25 bits per heavy atom. The average Bonchev–Trinajstić information content (AvgIpc) is 2.94. The molecule has 146 valence electrons. The van der Waals surface area contributed by atoms with E-state index in [2.05, 4.69) is 0 Å². The van der Waals surface area contributed by atoms with Gasteiger partial charge in [-0.1, -0.05) is 65.4 Å². The Labute approximate surface area is 183 Å². The summed E-state index contributed by atoms with van der Waals surface area (Å²) in [7, 11) is 1.57. The van der Waals surface area contributed by atoms with E-state index < -0.39 is 0 Å². The highest BCUT2D eigenvalue weighted by Crippen LogP contribution is 2.38. The van der Waals surface area contributed by atoms with Gasteiger partial charge >= 0.3 is 0 Å². The summed E-state index contributed by atoms with van der Waals surface area (Å²) < 4.78 is 12.0. The molecule has 1 aliphatic rings. The average molecular weight is 454 g/mol. The maximum atomic E-state index is 12.5. The van der Waals surface area contributed by atoms with Gasteiger partial charge in [0.1, 0.15) is 10.9 Å². The molecule has 0 saturated carbocycles. The first-order valence-corrected chi connectivity index (χ1v) is 10.4. The van der Waals surface area contributed by atoms with Gasteiger partial charge in [0, 0.05) is 27.7 Å². The van der Waals surface area contributed by atoms with Crippen LogP contribution in [-0.2, 0) is 11.4 Å². The van der Waals surface area contributed by atoms with Gasteiger partial charge < -0.3 is 9.47 Å². The van der Waals surface area contributed by atoms with Crippen LogP contribution in [0.4, 0.5) is 0 Å². The minimum Gasteiger partial charge on any atom is -0.493 e. The summed E-state index contributed by atoms with van der Waals surface area (Å²) >= 11 is 18.7. The first-order valence-electron chi connectivity index (χ1n) is 8.43. The lowest BCUT2D eigenvalue weighted by Gasteiger charge is -2.14. The van der Waals surface area contributed by atoms with Gasteiger partial charge in [-0.3, -0.25) is 9.69 Å². The Bertz CT molecular complexity index is 962. The Balaban J connectivity index is 1.92. The third kappa shape index (κ3) is 4.46. The molecule has 0 unspecified atom stereocenters. The number of likely N-dealkylation sites (N-methyl/N-ethyl adjacent to an activating group) is 1. The zero-order valence-corrected chi connectivity index (χ0v) is 18.3. The van der Waals surface area contributed by atoms with Gasteiger partial charge in [0.05, 0.1) is 12.0 Å². The second kappa shape index (κ2) is 9.18. The van der Waals surface area contributed by atoms with Crippen LogP contribution in [0.15, 0.2) is 41.3 Å². The number of thiocarbonyl (C=S) groups is 1. The van der Waals surface area contributed by atoms with E-state index in [9.17, 15) is 4.79 Å². The molecule has 4 nitrogen and oxygen atoms in total. The summed E-state index contributed by atoms with van der Waals surface area (Å²) in [4.78, 5) is 14.6. The van der Waals surface area contributed by atoms with Crippen molar-refractivity contribution in [3.8, 4) is 11.5 Å². The first-order chi connectivity index (χ1) is 13.4. The van der Waals surface area contributed by atoms with Crippen molar-refractivity contribution in [1.29, 1.82) is 0 Å². The van der Waals surface area contributed by atoms with Crippen molar-refractivity contribution < 1.29 is 14.3 Å². The molecule has 2 aromatic carbocycles. The summed E-state index contributed by atoms with van der Waals surface area (Å²) in [6.45, 7) is 2.66. The number of thioether (sulfide) groups is 1. The van der Waals surface area contributed by atoms with E-state index in [1.165, 1.54) is 11.8 Å². The highest BCUT2D eigenvalue weighted by atomic mass is 35.5. The van der Waals surface area contributed by atoms with Gasteiger partial charge in [-0.25, -0.2) is 0 Å². The molecule has 0 spiro atoms. The number of amides is 1. The molecular formula is C20H17Cl2NO3S2. The molecule has 0 radical (unpaired) electrons. The van der Waals surface area contributed by atoms with Gasteiger partial charge in [-0.05, 0) is 31.2 Å². The molecule has 2 aromatic rings. The lowest BCUT2D eigenvalue weighted by Crippen LogP contribution is -2.27. The van der Waals surface area contributed by atoms with Crippen molar-refractivity contribution in [3.63, 3.8) is 0 Å². The maximum absolute atomic E-state index is 12.5. The fourth-order valence-corrected chi connectivity index (χ4v) is 4.50. The SMILES string of the molecule is CCN1C(=O)/C(=C\c2cccc(OC)c2OCc2ccc(Cl)cc2Cl)SC1=S. The third-order valence-corrected chi connectivity index (χ3v) is 6.06. The molecule has 0 N–H and O–H groups in total. The number of para-hydroxylation sites is 1. The zero-order chi connectivity index (χ0) is 20.3. The molecule has 0 aromatic heterocycles. The van der Waals surface area contributed by atoms with Crippen molar-refractivity contribution in [1.82, 2.24) is 4.90 Å². The Hall–Kier alpha value is -1.73. The molecule has 1 fully saturated rings. The molecule has 1 amide bonds. The van der Waals surface area contributed by atoms with E-state index in [0.717, 1.165) is 11.1 Å². The van der Waals surface area contributed by atoms with Gasteiger partial charge in [-0.2, -0.15) is 0 Å². The topological polar surface area (TPSA) is 38.8 Å². The number of hydrogen-bond acceptors (Lipinski definition) is 5. The first kappa shape index (κ1) is 21.0. The van der Waals surface area contributed by atoms with Crippen LogP contribution in [0.1, 0.15) is 18.1 Å². The third-order valence-electron chi connectivity index (χ3n) is 4.09. The summed E-state index contributed by atoms with van der Waals surface area (Å²) in [5.41, 5.74) is 1.52. The van der Waals surface area contributed by atoms with E-state index in [1.54, 1.807) is 36.3 Å². The second-order valence-electron chi connectivity index (χ2n) is 5.83. The molecule has 0 aliphatic carbocycles. The van der Waals surface area contributed by atoms with Crippen molar-refractivity contribution >= 4 is 63.5 Å². The Morgan fingerprint density at radius 2 is 2.04 bits per heavy atom. The molecule has 1 saturated heterocycles. The summed E-state index contributed by atoms with van der Waals surface area (Å²) in [5.74, 6) is 0.981. The van der Waals surface area contributed by atoms with Crippen LogP contribution in [0.3, 0.4) is 0 Å². The van der Waals surface area contributed by atoms with Crippen LogP contribution in [0.5, 0.6) is 11.5 Å². The molecule has 0 atom stereocenters. The van der Waals surface area contributed by atoms with E-state index >= 15 is 0 Å². The molecule has 0 bridgehead atoms. The van der Waals surface area contributed by atoms with Crippen LogP contribution in [-0.4, -0.2) is 28.8 Å². The Kier molecular flexibility index (Phi) is 6.88. The number of hydrogen-bond donors (Lipinski definition) is 0. The second-order valence-corrected chi connectivity index (χ2v) is 8.35. The molecule has 8 heteroatoms. The molecule has 1 heterocycles. The molecule has 1 aliphatic heterocycles. The van der Waals surface area contributed by atoms with Crippen LogP contribution < -0.4 is 9.47 Å². The minimum absolute atomic E-state index is 0.105. The molecular weight excluding hydrogens is 437 g/mol. The lowest BCUT2D eigenvalue weighted by molar-refractivity contribution is -0.121. The van der Waals surface area contributed by atoms with Crippen molar-refractivity contribution in [2.45, 2.75) is 13.5 Å². The van der Waals surface area contributed by atoms with Gasteiger partial charge in [0.25, 0.3) is 5.91 Å². The lowest BCUT2D eigenvalue weighted by atomic mass is 10.1. The fraction of sp³-hybridized carbons (Fsp3) is 0.200. The van der Waals surface area contributed by atoms with E-state index in [1.807, 2.05) is 25.1 Å². The predicted molar refractivity (Wildman–Crippen MR) is 119 cm³/mol. The van der Waals surface area contributed by atoms with E-state index in [4.69, 9.17) is 44.9 Å². The predicted octanol–water partition coefficient (Wildman–Crippen LogP) is 5.80. The standard InChI is InChI=1S/C20H17Cl2NO3S2/c1-3-23-19(24)17(28-20(23)27)9-12-5-4-6-16(25-2)18(12)26-11-13-7-8-14(21)10-15(13)22/h4-10H,3,11H2,1-2H3/b17-9+. The maximum Gasteiger partial charge on any atom is 0.266 e. The number of nitrogens with zero attached hydrogens (tertiary/aromatic N) is 1. The van der Waals surface area contributed by atoms with Crippen LogP contribution in [0.2, 0.25) is 10.0 Å². The largest absolute Gasteiger partial charge is 0.493 e. The number of carbonyl (C=O) groups excluding carboxylic acids is 1. The molecule has 28 heavy (non-hydrogen) atoms. The highest BCUT2D eigenvalue weighted by molar-refractivity contribution is 8.26. The normalized spacial score (nSPS) is 15.4. The van der Waals surface area contributed by atoms with E-state index in [-0.39, 0.29) is 12.5 Å². The Morgan fingerprint density at radius 3 is 2.68 bits per heavy atom. The summed E-state index contributed by atoms with van der Waals surface area (Å²) in [5, 5.41) is 1.08. The number of rotatable bonds is 6. The molecule has 3 rings (SSSR count). The minimum atomic E-state index is -0.105. The van der Waals surface area contributed by atoms with Gasteiger partial charge in [0.2, 0.25) is 0 Å². The van der Waals surface area contributed by atoms with Gasteiger partial charge in [-0.15, -0.1) is 0 Å². The van der Waals surface area contributed by atoms with Crippen LogP contribution >= 0.6 is 47.2 Å². The van der Waals surface area contributed by atoms with Crippen molar-refractivity contribution in [2.24, 2.45) is 0 Å². The highest BCUT2D eigenvalue weighted by Gasteiger charge is 2.31. The van der Waals surface area contributed by atoms with Crippen molar-refractivity contribution in [2.75, 3.05) is 13.7 Å².